The van der Waals surface area contributed by atoms with Crippen molar-refractivity contribution in [2.45, 2.75) is 49.9 Å². The van der Waals surface area contributed by atoms with Crippen molar-refractivity contribution >= 4 is 0 Å². The number of ether oxygens (including phenoxy) is 1. The van der Waals surface area contributed by atoms with Crippen LogP contribution in [-0.4, -0.2) is 22.9 Å². The molecule has 0 aliphatic carbocycles. The van der Waals surface area contributed by atoms with Crippen molar-refractivity contribution in [3.05, 3.63) is 35.4 Å². The van der Waals surface area contributed by atoms with E-state index < -0.39 is 5.60 Å². The van der Waals surface area contributed by atoms with Gasteiger partial charge in [-0.3, -0.25) is 0 Å². The van der Waals surface area contributed by atoms with Gasteiger partial charge < -0.3 is 9.84 Å². The normalized spacial score (nSPS) is 34.2. The van der Waals surface area contributed by atoms with Gasteiger partial charge in [0.15, 0.2) is 0 Å². The van der Waals surface area contributed by atoms with Gasteiger partial charge in [-0.2, -0.15) is 5.26 Å². The molecule has 0 aromatic heterocycles. The fourth-order valence-corrected chi connectivity index (χ4v) is 3.23. The summed E-state index contributed by atoms with van der Waals surface area (Å²) in [6, 6.07) is 9.61. The fourth-order valence-electron chi connectivity index (χ4n) is 3.23. The van der Waals surface area contributed by atoms with Gasteiger partial charge in [0.1, 0.15) is 0 Å². The third kappa shape index (κ3) is 2.27. The lowest BCUT2D eigenvalue weighted by molar-refractivity contribution is -0.110. The SMILES string of the molecule is N#Cc1ccc(CC2(O)CC3CCC(C2)O3)cc1. The number of nitrogens with zero attached hydrogens (tertiary/aromatic N) is 1. The Balaban J connectivity index is 1.73. The quantitative estimate of drug-likeness (QED) is 0.866. The summed E-state index contributed by atoms with van der Waals surface area (Å²) in [5, 5.41) is 19.4. The Morgan fingerprint density at radius 3 is 2.39 bits per heavy atom. The number of fused-ring (bicyclic) bond motifs is 2. The van der Waals surface area contributed by atoms with Crippen molar-refractivity contribution in [1.29, 1.82) is 5.26 Å². The van der Waals surface area contributed by atoms with Crippen molar-refractivity contribution in [2.75, 3.05) is 0 Å². The largest absolute Gasteiger partial charge is 0.389 e. The van der Waals surface area contributed by atoms with Crippen molar-refractivity contribution in [3.63, 3.8) is 0 Å². The summed E-state index contributed by atoms with van der Waals surface area (Å²) in [6.45, 7) is 0. The van der Waals surface area contributed by atoms with Gasteiger partial charge in [-0.1, -0.05) is 12.1 Å². The molecule has 0 radical (unpaired) electrons. The number of benzene rings is 1. The van der Waals surface area contributed by atoms with E-state index in [-0.39, 0.29) is 12.2 Å². The van der Waals surface area contributed by atoms with Crippen molar-refractivity contribution in [3.8, 4) is 6.07 Å². The molecule has 1 N–H and O–H groups in total. The second kappa shape index (κ2) is 4.38. The fraction of sp³-hybridized carbons (Fsp3) is 0.533. The Morgan fingerprint density at radius 2 is 1.83 bits per heavy atom. The zero-order valence-corrected chi connectivity index (χ0v) is 10.3. The average Bonchev–Trinajstić information content (AvgIpc) is 2.70. The topological polar surface area (TPSA) is 53.2 Å². The smallest absolute Gasteiger partial charge is 0.0991 e. The van der Waals surface area contributed by atoms with Crippen LogP contribution in [0, 0.1) is 11.3 Å². The van der Waals surface area contributed by atoms with Gasteiger partial charge in [-0.15, -0.1) is 0 Å². The maximum atomic E-state index is 10.7. The van der Waals surface area contributed by atoms with Gasteiger partial charge in [0.05, 0.1) is 29.4 Å². The molecule has 2 unspecified atom stereocenters. The second-order valence-corrected chi connectivity index (χ2v) is 5.58. The number of hydrogen-bond donors (Lipinski definition) is 1. The van der Waals surface area contributed by atoms with Gasteiger partial charge in [0.25, 0.3) is 0 Å². The van der Waals surface area contributed by atoms with E-state index in [0.29, 0.717) is 12.0 Å². The van der Waals surface area contributed by atoms with Crippen LogP contribution in [0.4, 0.5) is 0 Å². The molecular formula is C15H17NO2. The highest BCUT2D eigenvalue weighted by molar-refractivity contribution is 5.32. The Hall–Kier alpha value is -1.37. The maximum absolute atomic E-state index is 10.7. The molecule has 3 rings (SSSR count). The first-order valence-electron chi connectivity index (χ1n) is 6.54. The van der Waals surface area contributed by atoms with E-state index in [4.69, 9.17) is 10.00 Å². The molecule has 0 spiro atoms. The van der Waals surface area contributed by atoms with Crippen LogP contribution in [0.2, 0.25) is 0 Å². The third-order valence-electron chi connectivity index (χ3n) is 4.03. The van der Waals surface area contributed by atoms with Crippen LogP contribution in [0.15, 0.2) is 24.3 Å². The van der Waals surface area contributed by atoms with Gasteiger partial charge >= 0.3 is 0 Å². The van der Waals surface area contributed by atoms with Crippen LogP contribution in [-0.2, 0) is 11.2 Å². The summed E-state index contributed by atoms with van der Waals surface area (Å²) < 4.78 is 5.76. The summed E-state index contributed by atoms with van der Waals surface area (Å²) in [5.74, 6) is 0. The van der Waals surface area contributed by atoms with Crippen LogP contribution in [0.5, 0.6) is 0 Å². The molecule has 1 aromatic carbocycles. The van der Waals surface area contributed by atoms with Gasteiger partial charge in [0.2, 0.25) is 0 Å². The van der Waals surface area contributed by atoms with Gasteiger partial charge in [0, 0.05) is 19.3 Å². The van der Waals surface area contributed by atoms with Crippen LogP contribution in [0.25, 0.3) is 0 Å². The van der Waals surface area contributed by atoms with Gasteiger partial charge in [-0.25, -0.2) is 0 Å². The minimum atomic E-state index is -0.627. The molecule has 3 heteroatoms. The predicted octanol–water partition coefficient (Wildman–Crippen LogP) is 2.17. The number of hydrogen-bond acceptors (Lipinski definition) is 3. The maximum Gasteiger partial charge on any atom is 0.0991 e. The van der Waals surface area contributed by atoms with Crippen molar-refractivity contribution in [2.24, 2.45) is 0 Å². The van der Waals surface area contributed by atoms with Crippen LogP contribution < -0.4 is 0 Å². The summed E-state index contributed by atoms with van der Waals surface area (Å²) >= 11 is 0. The molecule has 2 aliphatic rings. The molecule has 2 fully saturated rings. The second-order valence-electron chi connectivity index (χ2n) is 5.58. The van der Waals surface area contributed by atoms with E-state index >= 15 is 0 Å². The van der Waals surface area contributed by atoms with Gasteiger partial charge in [-0.05, 0) is 30.5 Å². The first-order chi connectivity index (χ1) is 8.67. The molecule has 94 valence electrons. The molecule has 2 bridgehead atoms. The lowest BCUT2D eigenvalue weighted by atomic mass is 9.84. The summed E-state index contributed by atoms with van der Waals surface area (Å²) in [4.78, 5) is 0. The first-order valence-corrected chi connectivity index (χ1v) is 6.54. The lowest BCUT2D eigenvalue weighted by Crippen LogP contribution is -2.42. The molecule has 2 saturated heterocycles. The van der Waals surface area contributed by atoms with E-state index in [0.717, 1.165) is 31.2 Å². The number of aliphatic hydroxyl groups is 1. The van der Waals surface area contributed by atoms with E-state index in [1.165, 1.54) is 0 Å². The molecule has 1 aromatic rings. The zero-order chi connectivity index (χ0) is 12.6. The van der Waals surface area contributed by atoms with E-state index in [1.54, 1.807) is 0 Å². The van der Waals surface area contributed by atoms with Crippen LogP contribution in [0.3, 0.4) is 0 Å². The third-order valence-corrected chi connectivity index (χ3v) is 4.03. The Labute approximate surface area is 107 Å². The first kappa shape index (κ1) is 11.7. The number of nitriles is 1. The highest BCUT2D eigenvalue weighted by Gasteiger charge is 2.43. The molecule has 0 amide bonds. The van der Waals surface area contributed by atoms with E-state index in [9.17, 15) is 5.11 Å². The highest BCUT2D eigenvalue weighted by Crippen LogP contribution is 2.39. The Morgan fingerprint density at radius 1 is 1.22 bits per heavy atom. The molecule has 3 nitrogen and oxygen atoms in total. The standard InChI is InChI=1S/C15H17NO2/c16-10-12-3-1-11(2-4-12)7-15(17)8-13-5-6-14(9-15)18-13/h1-4,13-14,17H,5-9H2. The zero-order valence-electron chi connectivity index (χ0n) is 10.3. The number of rotatable bonds is 2. The summed E-state index contributed by atoms with van der Waals surface area (Å²) in [7, 11) is 0. The Bertz CT molecular complexity index is 462. The molecule has 2 atom stereocenters. The average molecular weight is 243 g/mol. The van der Waals surface area contributed by atoms with E-state index in [1.807, 2.05) is 24.3 Å². The highest BCUT2D eigenvalue weighted by atomic mass is 16.5. The monoisotopic (exact) mass is 243 g/mol. The molecular weight excluding hydrogens is 226 g/mol. The summed E-state index contributed by atoms with van der Waals surface area (Å²) in [5.41, 5.74) is 1.13. The van der Waals surface area contributed by atoms with Crippen LogP contribution in [0.1, 0.15) is 36.8 Å². The van der Waals surface area contributed by atoms with Crippen LogP contribution >= 0.6 is 0 Å². The summed E-state index contributed by atoms with van der Waals surface area (Å²) in [6.07, 6.45) is 4.79. The molecule has 18 heavy (non-hydrogen) atoms. The molecule has 0 saturated carbocycles. The van der Waals surface area contributed by atoms with E-state index in [2.05, 4.69) is 6.07 Å². The minimum absolute atomic E-state index is 0.243. The van der Waals surface area contributed by atoms with Crippen molar-refractivity contribution < 1.29 is 9.84 Å². The molecule has 2 heterocycles. The lowest BCUT2D eigenvalue weighted by Gasteiger charge is -2.36. The minimum Gasteiger partial charge on any atom is -0.389 e. The molecule has 2 aliphatic heterocycles. The Kier molecular flexibility index (Phi) is 2.85. The predicted molar refractivity (Wildman–Crippen MR) is 66.9 cm³/mol. The van der Waals surface area contributed by atoms with Crippen molar-refractivity contribution in [1.82, 2.24) is 0 Å².